The van der Waals surface area contributed by atoms with Crippen LogP contribution >= 0.6 is 0 Å². The number of rotatable bonds is 3. The first-order chi connectivity index (χ1) is 10.2. The molecule has 1 atom stereocenters. The van der Waals surface area contributed by atoms with Crippen LogP contribution in [0.5, 0.6) is 0 Å². The summed E-state index contributed by atoms with van der Waals surface area (Å²) in [5, 5.41) is 2.41. The SMILES string of the molecule is Cc1c([C@@H](F)CNC(=O)OC(C)(C)C)ccc2c1COC2=O. The van der Waals surface area contributed by atoms with E-state index >= 15 is 0 Å². The number of esters is 1. The molecule has 0 radical (unpaired) electrons. The molecule has 0 aliphatic carbocycles. The third-order valence-electron chi connectivity index (χ3n) is 3.37. The molecule has 22 heavy (non-hydrogen) atoms. The fraction of sp³-hybridized carbons (Fsp3) is 0.500. The molecule has 1 aromatic rings. The Kier molecular flexibility index (Phi) is 4.39. The number of carbonyl (C=O) groups is 2. The van der Waals surface area contributed by atoms with E-state index in [1.54, 1.807) is 39.8 Å². The van der Waals surface area contributed by atoms with Crippen molar-refractivity contribution in [3.8, 4) is 0 Å². The van der Waals surface area contributed by atoms with Crippen molar-refractivity contribution in [2.24, 2.45) is 0 Å². The topological polar surface area (TPSA) is 64.6 Å². The van der Waals surface area contributed by atoms with E-state index in [9.17, 15) is 14.0 Å². The van der Waals surface area contributed by atoms with E-state index in [-0.39, 0.29) is 19.1 Å². The molecule has 0 unspecified atom stereocenters. The molecule has 0 aromatic heterocycles. The zero-order valence-electron chi connectivity index (χ0n) is 13.2. The molecule has 120 valence electrons. The Morgan fingerprint density at radius 1 is 1.45 bits per heavy atom. The molecule has 0 bridgehead atoms. The Balaban J connectivity index is 2.04. The van der Waals surface area contributed by atoms with Crippen LogP contribution in [0.4, 0.5) is 9.18 Å². The van der Waals surface area contributed by atoms with Gasteiger partial charge in [-0.15, -0.1) is 0 Å². The number of nitrogens with one attached hydrogen (secondary N) is 1. The van der Waals surface area contributed by atoms with Crippen LogP contribution in [0.3, 0.4) is 0 Å². The fourth-order valence-electron chi connectivity index (χ4n) is 2.30. The molecule has 1 amide bonds. The van der Waals surface area contributed by atoms with Crippen molar-refractivity contribution in [1.29, 1.82) is 0 Å². The standard InChI is InChI=1S/C16H20FNO4/c1-9-10(5-6-11-12(9)8-21-14(11)19)13(17)7-18-15(20)22-16(2,3)4/h5-6,13H,7-8H2,1-4H3,(H,18,20)/t13-/m0/s1. The first-order valence-electron chi connectivity index (χ1n) is 7.09. The number of fused-ring (bicyclic) bond motifs is 1. The lowest BCUT2D eigenvalue weighted by Crippen LogP contribution is -2.34. The Morgan fingerprint density at radius 3 is 2.77 bits per heavy atom. The molecule has 1 aliphatic heterocycles. The zero-order valence-corrected chi connectivity index (χ0v) is 13.2. The van der Waals surface area contributed by atoms with E-state index in [1.165, 1.54) is 0 Å². The highest BCUT2D eigenvalue weighted by Crippen LogP contribution is 2.30. The van der Waals surface area contributed by atoms with Gasteiger partial charge in [0.1, 0.15) is 18.4 Å². The molecular formula is C16H20FNO4. The predicted molar refractivity (Wildman–Crippen MR) is 78.4 cm³/mol. The summed E-state index contributed by atoms with van der Waals surface area (Å²) < 4.78 is 24.4. The van der Waals surface area contributed by atoms with Gasteiger partial charge in [-0.3, -0.25) is 0 Å². The van der Waals surface area contributed by atoms with Crippen LogP contribution in [0.15, 0.2) is 12.1 Å². The van der Waals surface area contributed by atoms with E-state index in [0.717, 1.165) is 0 Å². The molecule has 1 aromatic carbocycles. The largest absolute Gasteiger partial charge is 0.457 e. The minimum absolute atomic E-state index is 0.167. The van der Waals surface area contributed by atoms with Gasteiger partial charge in [0.25, 0.3) is 0 Å². The van der Waals surface area contributed by atoms with Gasteiger partial charge in [-0.05, 0) is 44.9 Å². The number of cyclic esters (lactones) is 1. The van der Waals surface area contributed by atoms with Crippen LogP contribution in [0.2, 0.25) is 0 Å². The molecule has 6 heteroatoms. The number of benzene rings is 1. The monoisotopic (exact) mass is 309 g/mol. The number of amides is 1. The second-order valence-electron chi connectivity index (χ2n) is 6.23. The molecule has 1 N–H and O–H groups in total. The number of hydrogen-bond donors (Lipinski definition) is 1. The van der Waals surface area contributed by atoms with Crippen molar-refractivity contribution in [3.05, 3.63) is 34.4 Å². The highest BCUT2D eigenvalue weighted by Gasteiger charge is 2.26. The van der Waals surface area contributed by atoms with Crippen molar-refractivity contribution in [2.45, 2.75) is 46.1 Å². The van der Waals surface area contributed by atoms with E-state index in [1.807, 2.05) is 0 Å². The lowest BCUT2D eigenvalue weighted by Gasteiger charge is -2.20. The van der Waals surface area contributed by atoms with Crippen molar-refractivity contribution < 1.29 is 23.5 Å². The normalized spacial score (nSPS) is 15.0. The number of alkyl halides is 1. The van der Waals surface area contributed by atoms with Crippen LogP contribution in [0.25, 0.3) is 0 Å². The minimum Gasteiger partial charge on any atom is -0.457 e. The molecule has 0 saturated heterocycles. The van der Waals surface area contributed by atoms with Crippen molar-refractivity contribution >= 4 is 12.1 Å². The van der Waals surface area contributed by atoms with E-state index in [0.29, 0.717) is 22.3 Å². The lowest BCUT2D eigenvalue weighted by molar-refractivity contribution is 0.0509. The Labute approximate surface area is 128 Å². The van der Waals surface area contributed by atoms with Crippen molar-refractivity contribution in [1.82, 2.24) is 5.32 Å². The highest BCUT2D eigenvalue weighted by atomic mass is 19.1. The molecule has 1 aliphatic rings. The van der Waals surface area contributed by atoms with E-state index in [2.05, 4.69) is 5.32 Å². The van der Waals surface area contributed by atoms with Gasteiger partial charge in [0, 0.05) is 5.56 Å². The predicted octanol–water partition coefficient (Wildman–Crippen LogP) is 3.20. The molecule has 0 fully saturated rings. The van der Waals surface area contributed by atoms with Crippen LogP contribution in [-0.4, -0.2) is 24.2 Å². The minimum atomic E-state index is -1.38. The summed E-state index contributed by atoms with van der Waals surface area (Å²) in [7, 11) is 0. The Hall–Kier alpha value is -2.11. The van der Waals surface area contributed by atoms with Gasteiger partial charge in [0.15, 0.2) is 0 Å². The second kappa shape index (κ2) is 5.94. The van der Waals surface area contributed by atoms with Crippen molar-refractivity contribution in [2.75, 3.05) is 6.54 Å². The van der Waals surface area contributed by atoms with Gasteiger partial charge in [0.05, 0.1) is 12.1 Å². The Morgan fingerprint density at radius 2 is 2.14 bits per heavy atom. The maximum Gasteiger partial charge on any atom is 0.407 e. The first kappa shape index (κ1) is 16.3. The van der Waals surface area contributed by atoms with Crippen LogP contribution < -0.4 is 5.32 Å². The van der Waals surface area contributed by atoms with Gasteiger partial charge >= 0.3 is 12.1 Å². The molecule has 0 saturated carbocycles. The van der Waals surface area contributed by atoms with Gasteiger partial charge in [-0.2, -0.15) is 0 Å². The summed E-state index contributed by atoms with van der Waals surface area (Å²) in [6, 6.07) is 3.12. The van der Waals surface area contributed by atoms with E-state index < -0.39 is 17.9 Å². The molecule has 0 spiro atoms. The fourth-order valence-corrected chi connectivity index (χ4v) is 2.30. The van der Waals surface area contributed by atoms with Crippen LogP contribution in [0.1, 0.15) is 54.0 Å². The second-order valence-corrected chi connectivity index (χ2v) is 6.23. The number of carbonyl (C=O) groups excluding carboxylic acids is 2. The van der Waals surface area contributed by atoms with Gasteiger partial charge in [-0.1, -0.05) is 6.07 Å². The van der Waals surface area contributed by atoms with Gasteiger partial charge in [0.2, 0.25) is 0 Å². The summed E-state index contributed by atoms with van der Waals surface area (Å²) in [5.41, 5.74) is 1.68. The average molecular weight is 309 g/mol. The lowest BCUT2D eigenvalue weighted by atomic mass is 9.96. The zero-order chi connectivity index (χ0) is 16.5. The number of hydrogen-bond acceptors (Lipinski definition) is 4. The molecule has 2 rings (SSSR count). The summed E-state index contributed by atoms with van der Waals surface area (Å²) in [6.07, 6.45) is -2.04. The molecule has 1 heterocycles. The van der Waals surface area contributed by atoms with Gasteiger partial charge in [-0.25, -0.2) is 14.0 Å². The number of ether oxygens (including phenoxy) is 2. The summed E-state index contributed by atoms with van der Waals surface area (Å²) in [5.74, 6) is -0.382. The third kappa shape index (κ3) is 3.55. The molecular weight excluding hydrogens is 289 g/mol. The van der Waals surface area contributed by atoms with Crippen molar-refractivity contribution in [3.63, 3.8) is 0 Å². The quantitative estimate of drug-likeness (QED) is 0.871. The van der Waals surface area contributed by atoms with E-state index in [4.69, 9.17) is 9.47 Å². The number of halogens is 1. The van der Waals surface area contributed by atoms with Gasteiger partial charge < -0.3 is 14.8 Å². The number of alkyl carbamates (subject to hydrolysis) is 1. The van der Waals surface area contributed by atoms with Crippen LogP contribution in [0, 0.1) is 6.92 Å². The molecule has 5 nitrogen and oxygen atoms in total. The maximum absolute atomic E-state index is 14.4. The summed E-state index contributed by atoms with van der Waals surface area (Å²) in [4.78, 5) is 23.0. The third-order valence-corrected chi connectivity index (χ3v) is 3.37. The smallest absolute Gasteiger partial charge is 0.407 e. The summed E-state index contributed by atoms with van der Waals surface area (Å²) >= 11 is 0. The van der Waals surface area contributed by atoms with Crippen LogP contribution in [-0.2, 0) is 16.1 Å². The summed E-state index contributed by atoms with van der Waals surface area (Å²) in [6.45, 7) is 6.93. The Bertz CT molecular complexity index is 607. The average Bonchev–Trinajstić information content (AvgIpc) is 2.77. The highest BCUT2D eigenvalue weighted by molar-refractivity contribution is 5.93. The maximum atomic E-state index is 14.4. The first-order valence-corrected chi connectivity index (χ1v) is 7.09.